The maximum atomic E-state index is 13.2. The summed E-state index contributed by atoms with van der Waals surface area (Å²) in [4.78, 5) is 11.4. The Morgan fingerprint density at radius 3 is 2.52 bits per heavy atom. The van der Waals surface area contributed by atoms with Crippen molar-refractivity contribution in [2.45, 2.75) is 38.6 Å². The van der Waals surface area contributed by atoms with Crippen LogP contribution in [-0.2, 0) is 0 Å². The Kier molecular flexibility index (Phi) is 4.21. The van der Waals surface area contributed by atoms with E-state index in [9.17, 15) is 4.39 Å². The van der Waals surface area contributed by atoms with Crippen molar-refractivity contribution in [2.24, 2.45) is 0 Å². The molecule has 0 amide bonds. The van der Waals surface area contributed by atoms with E-state index in [0.29, 0.717) is 17.7 Å². The number of hydrogen-bond donors (Lipinski definition) is 0. The zero-order valence-corrected chi connectivity index (χ0v) is 14.6. The molecule has 0 radical (unpaired) electrons. The summed E-state index contributed by atoms with van der Waals surface area (Å²) >= 11 is 0. The third-order valence-electron chi connectivity index (χ3n) is 5.10. The van der Waals surface area contributed by atoms with Gasteiger partial charge in [-0.15, -0.1) is 0 Å². The predicted octanol–water partition coefficient (Wildman–Crippen LogP) is 3.52. The number of fused-ring (bicyclic) bond motifs is 1. The molecule has 25 heavy (non-hydrogen) atoms. The smallest absolute Gasteiger partial charge is 0.252 e. The van der Waals surface area contributed by atoms with Crippen LogP contribution in [0.1, 0.15) is 38.3 Å². The summed E-state index contributed by atoms with van der Waals surface area (Å²) in [6, 6.07) is 9.12. The van der Waals surface area contributed by atoms with Crippen LogP contribution in [0.15, 0.2) is 36.7 Å². The van der Waals surface area contributed by atoms with Crippen molar-refractivity contribution in [3.63, 3.8) is 0 Å². The van der Waals surface area contributed by atoms with Crippen LogP contribution in [0.25, 0.3) is 17.0 Å². The number of benzene rings is 1. The fraction of sp³-hybridized carbons (Fsp3) is 0.421. The van der Waals surface area contributed by atoms with Crippen LogP contribution >= 0.6 is 0 Å². The van der Waals surface area contributed by atoms with Gasteiger partial charge in [0.1, 0.15) is 12.1 Å². The van der Waals surface area contributed by atoms with Gasteiger partial charge in [0.05, 0.1) is 11.4 Å². The van der Waals surface area contributed by atoms with Crippen LogP contribution in [0, 0.1) is 5.82 Å². The van der Waals surface area contributed by atoms with Crippen LogP contribution in [0.5, 0.6) is 0 Å². The number of nitrogens with zero attached hydrogens (tertiary/aromatic N) is 5. The van der Waals surface area contributed by atoms with Gasteiger partial charge in [0.2, 0.25) is 0 Å². The normalized spacial score (nSPS) is 16.8. The minimum atomic E-state index is -0.242. The number of piperidine rings is 1. The van der Waals surface area contributed by atoms with Crippen molar-refractivity contribution >= 4 is 5.78 Å². The van der Waals surface area contributed by atoms with Gasteiger partial charge in [0.25, 0.3) is 5.78 Å². The first kappa shape index (κ1) is 16.1. The Balaban J connectivity index is 1.71. The van der Waals surface area contributed by atoms with E-state index in [2.05, 4.69) is 39.9 Å². The summed E-state index contributed by atoms with van der Waals surface area (Å²) in [6.45, 7) is 6.67. The van der Waals surface area contributed by atoms with Crippen molar-refractivity contribution in [2.75, 3.05) is 13.1 Å². The molecule has 0 bridgehead atoms. The van der Waals surface area contributed by atoms with E-state index in [1.165, 1.54) is 12.1 Å². The maximum absolute atomic E-state index is 13.2. The van der Waals surface area contributed by atoms with E-state index in [0.717, 1.165) is 42.9 Å². The molecule has 1 aromatic carbocycles. The number of aromatic nitrogens is 4. The molecule has 0 atom stereocenters. The molecule has 1 fully saturated rings. The van der Waals surface area contributed by atoms with E-state index in [4.69, 9.17) is 0 Å². The number of likely N-dealkylation sites (tertiary alicyclic amines) is 1. The van der Waals surface area contributed by atoms with E-state index in [1.807, 2.05) is 4.52 Å². The third-order valence-corrected chi connectivity index (χ3v) is 5.10. The lowest BCUT2D eigenvalue weighted by molar-refractivity contribution is 0.170. The van der Waals surface area contributed by atoms with Gasteiger partial charge < -0.3 is 4.90 Å². The van der Waals surface area contributed by atoms with Crippen LogP contribution in [-0.4, -0.2) is 43.6 Å². The molecule has 0 unspecified atom stereocenters. The highest BCUT2D eigenvalue weighted by atomic mass is 19.1. The molecule has 0 saturated carbocycles. The monoisotopic (exact) mass is 339 g/mol. The highest BCUT2D eigenvalue weighted by molar-refractivity contribution is 5.61. The Bertz CT molecular complexity index is 863. The topological polar surface area (TPSA) is 46.3 Å². The molecular formula is C19H22FN5. The largest absolute Gasteiger partial charge is 0.301 e. The highest BCUT2D eigenvalue weighted by Crippen LogP contribution is 2.31. The minimum Gasteiger partial charge on any atom is -0.301 e. The van der Waals surface area contributed by atoms with Gasteiger partial charge in [-0.2, -0.15) is 10.1 Å². The minimum absolute atomic E-state index is 0.242. The first-order valence-electron chi connectivity index (χ1n) is 8.82. The van der Waals surface area contributed by atoms with Crippen molar-refractivity contribution < 1.29 is 4.39 Å². The first-order chi connectivity index (χ1) is 12.1. The van der Waals surface area contributed by atoms with E-state index in [1.54, 1.807) is 18.5 Å². The van der Waals surface area contributed by atoms with Crippen molar-refractivity contribution in [1.82, 2.24) is 24.5 Å². The SMILES string of the molecule is CC(C)N1CCC(c2cc(-c3ccc(F)cc3)nc3ncnn23)CC1. The maximum Gasteiger partial charge on any atom is 0.252 e. The second-order valence-electron chi connectivity index (χ2n) is 6.95. The zero-order valence-electron chi connectivity index (χ0n) is 14.6. The molecular weight excluding hydrogens is 317 g/mol. The van der Waals surface area contributed by atoms with Crippen LogP contribution in [0.4, 0.5) is 4.39 Å². The van der Waals surface area contributed by atoms with Crippen LogP contribution in [0.2, 0.25) is 0 Å². The van der Waals surface area contributed by atoms with Gasteiger partial charge in [0, 0.05) is 17.5 Å². The van der Waals surface area contributed by atoms with Crippen molar-refractivity contribution in [1.29, 1.82) is 0 Å². The molecule has 130 valence electrons. The molecule has 1 saturated heterocycles. The van der Waals surface area contributed by atoms with E-state index >= 15 is 0 Å². The standard InChI is InChI=1S/C19H22FN5/c1-13(2)24-9-7-15(8-10-24)18-11-17(14-3-5-16(20)6-4-14)23-19-21-12-22-25(18)19/h3-6,11-13,15H,7-10H2,1-2H3. The fourth-order valence-electron chi connectivity index (χ4n) is 3.61. The average Bonchev–Trinajstić information content (AvgIpc) is 3.10. The van der Waals surface area contributed by atoms with Crippen LogP contribution in [0.3, 0.4) is 0 Å². The summed E-state index contributed by atoms with van der Waals surface area (Å²) in [5.41, 5.74) is 2.86. The van der Waals surface area contributed by atoms with Gasteiger partial charge in [-0.1, -0.05) is 0 Å². The molecule has 0 spiro atoms. The molecule has 1 aliphatic rings. The number of hydrogen-bond acceptors (Lipinski definition) is 4. The first-order valence-corrected chi connectivity index (χ1v) is 8.82. The van der Waals surface area contributed by atoms with Crippen molar-refractivity contribution in [3.8, 4) is 11.3 Å². The highest BCUT2D eigenvalue weighted by Gasteiger charge is 2.25. The lowest BCUT2D eigenvalue weighted by atomic mass is 9.92. The van der Waals surface area contributed by atoms with Crippen molar-refractivity contribution in [3.05, 3.63) is 48.2 Å². The van der Waals surface area contributed by atoms with E-state index < -0.39 is 0 Å². The van der Waals surface area contributed by atoms with Gasteiger partial charge >= 0.3 is 0 Å². The lowest BCUT2D eigenvalue weighted by Crippen LogP contribution is -2.38. The zero-order chi connectivity index (χ0) is 17.4. The third kappa shape index (κ3) is 3.14. The molecule has 0 N–H and O–H groups in total. The Morgan fingerprint density at radius 1 is 1.12 bits per heavy atom. The Morgan fingerprint density at radius 2 is 1.84 bits per heavy atom. The number of halogens is 1. The molecule has 6 heteroatoms. The van der Waals surface area contributed by atoms with Gasteiger partial charge in [-0.05, 0) is 70.1 Å². The summed E-state index contributed by atoms with van der Waals surface area (Å²) < 4.78 is 15.1. The van der Waals surface area contributed by atoms with Gasteiger partial charge in [0.15, 0.2) is 0 Å². The lowest BCUT2D eigenvalue weighted by Gasteiger charge is -2.34. The molecule has 3 heterocycles. The predicted molar refractivity (Wildman–Crippen MR) is 94.9 cm³/mol. The second kappa shape index (κ2) is 6.52. The average molecular weight is 339 g/mol. The van der Waals surface area contributed by atoms with Crippen LogP contribution < -0.4 is 0 Å². The molecule has 5 nitrogen and oxygen atoms in total. The second-order valence-corrected chi connectivity index (χ2v) is 6.95. The summed E-state index contributed by atoms with van der Waals surface area (Å²) in [6.07, 6.45) is 3.74. The molecule has 3 aromatic rings. The molecule has 1 aliphatic heterocycles. The quantitative estimate of drug-likeness (QED) is 0.732. The Hall–Kier alpha value is -2.34. The van der Waals surface area contributed by atoms with E-state index in [-0.39, 0.29) is 5.82 Å². The Labute approximate surface area is 146 Å². The van der Waals surface area contributed by atoms with Gasteiger partial charge in [-0.3, -0.25) is 0 Å². The summed E-state index contributed by atoms with van der Waals surface area (Å²) in [7, 11) is 0. The summed E-state index contributed by atoms with van der Waals surface area (Å²) in [5, 5.41) is 4.37. The summed E-state index contributed by atoms with van der Waals surface area (Å²) in [5.74, 6) is 0.790. The molecule has 2 aromatic heterocycles. The fourth-order valence-corrected chi connectivity index (χ4v) is 3.61. The molecule has 0 aliphatic carbocycles. The molecule has 4 rings (SSSR count). The van der Waals surface area contributed by atoms with Gasteiger partial charge in [-0.25, -0.2) is 13.9 Å². The number of rotatable bonds is 3.